The first-order valence-corrected chi connectivity index (χ1v) is 9.80. The van der Waals surface area contributed by atoms with Crippen molar-refractivity contribution in [2.75, 3.05) is 14.2 Å². The van der Waals surface area contributed by atoms with Crippen LogP contribution >= 0.6 is 11.3 Å². The van der Waals surface area contributed by atoms with E-state index < -0.39 is 0 Å². The number of ether oxygens (including phenoxy) is 2. The highest BCUT2D eigenvalue weighted by Crippen LogP contribution is 2.44. The van der Waals surface area contributed by atoms with E-state index in [9.17, 15) is 9.59 Å². The number of benzene rings is 1. The number of ketones is 1. The number of carbonyl (C=O) groups is 2. The Kier molecular flexibility index (Phi) is 4.74. The highest BCUT2D eigenvalue weighted by Gasteiger charge is 2.38. The predicted molar refractivity (Wildman–Crippen MR) is 103 cm³/mol. The maximum absolute atomic E-state index is 13.0. The minimum absolute atomic E-state index is 0.0480. The lowest BCUT2D eigenvalue weighted by molar-refractivity contribution is -0.122. The fourth-order valence-corrected chi connectivity index (χ4v) is 4.87. The van der Waals surface area contributed by atoms with Crippen LogP contribution in [0.15, 0.2) is 47.0 Å². The first-order valence-electron chi connectivity index (χ1n) is 8.92. The van der Waals surface area contributed by atoms with E-state index in [2.05, 4.69) is 11.4 Å². The molecule has 1 aromatic heterocycles. The Morgan fingerprint density at radius 2 is 1.85 bits per heavy atom. The van der Waals surface area contributed by atoms with Crippen LogP contribution < -0.4 is 14.8 Å². The van der Waals surface area contributed by atoms with E-state index in [-0.39, 0.29) is 29.9 Å². The van der Waals surface area contributed by atoms with Crippen molar-refractivity contribution in [3.63, 3.8) is 0 Å². The minimum atomic E-state index is -0.245. The van der Waals surface area contributed by atoms with Gasteiger partial charge < -0.3 is 14.8 Å². The van der Waals surface area contributed by atoms with Crippen molar-refractivity contribution in [2.45, 2.75) is 31.1 Å². The molecular formula is C21H21NO4S. The van der Waals surface area contributed by atoms with Gasteiger partial charge in [-0.3, -0.25) is 9.59 Å². The fraction of sp³-hybridized carbons (Fsp3) is 0.333. The Morgan fingerprint density at radius 3 is 2.56 bits per heavy atom. The standard InChI is InChI=1S/C21H21NO4S/c1-25-17-6-5-12(10-18(17)26-2)14-11-20(24)22-15-8-13(9-16(23)21(14)15)19-4-3-7-27-19/h3-7,10,13-14H,8-9,11H2,1-2H3,(H,22,24)/t13-,14+/m0/s1. The number of nitrogens with one attached hydrogen (secondary N) is 1. The lowest BCUT2D eigenvalue weighted by Crippen LogP contribution is -2.38. The second-order valence-electron chi connectivity index (χ2n) is 6.86. The molecule has 2 aromatic rings. The lowest BCUT2D eigenvalue weighted by atomic mass is 9.74. The van der Waals surface area contributed by atoms with Crippen LogP contribution in [0, 0.1) is 0 Å². The molecule has 1 aromatic carbocycles. The summed E-state index contributed by atoms with van der Waals surface area (Å²) in [6.07, 6.45) is 1.44. The molecule has 1 aliphatic carbocycles. The third-order valence-electron chi connectivity index (χ3n) is 5.29. The van der Waals surface area contributed by atoms with Crippen LogP contribution in [0.4, 0.5) is 0 Å². The Balaban J connectivity index is 1.73. The van der Waals surface area contributed by atoms with Crippen molar-refractivity contribution in [3.8, 4) is 11.5 Å². The summed E-state index contributed by atoms with van der Waals surface area (Å²) in [5.41, 5.74) is 2.42. The monoisotopic (exact) mass is 383 g/mol. The lowest BCUT2D eigenvalue weighted by Gasteiger charge is -2.34. The van der Waals surface area contributed by atoms with Crippen LogP contribution in [0.5, 0.6) is 11.5 Å². The van der Waals surface area contributed by atoms with Crippen molar-refractivity contribution in [3.05, 3.63) is 57.4 Å². The summed E-state index contributed by atoms with van der Waals surface area (Å²) in [4.78, 5) is 26.6. The van der Waals surface area contributed by atoms with Crippen molar-refractivity contribution in [1.29, 1.82) is 0 Å². The van der Waals surface area contributed by atoms with Gasteiger partial charge in [-0.15, -0.1) is 11.3 Å². The molecule has 2 heterocycles. The van der Waals surface area contributed by atoms with Gasteiger partial charge in [0.1, 0.15) is 0 Å². The molecule has 140 valence electrons. The van der Waals surface area contributed by atoms with Gasteiger partial charge in [-0.05, 0) is 35.6 Å². The molecule has 0 saturated heterocycles. The van der Waals surface area contributed by atoms with Crippen molar-refractivity contribution in [1.82, 2.24) is 5.32 Å². The summed E-state index contributed by atoms with van der Waals surface area (Å²) in [7, 11) is 3.17. The molecule has 0 saturated carbocycles. The van der Waals surface area contributed by atoms with Gasteiger partial charge in [0.15, 0.2) is 17.3 Å². The molecule has 0 spiro atoms. The summed E-state index contributed by atoms with van der Waals surface area (Å²) in [5, 5.41) is 4.98. The third kappa shape index (κ3) is 3.25. The smallest absolute Gasteiger partial charge is 0.225 e. The summed E-state index contributed by atoms with van der Waals surface area (Å²) >= 11 is 1.66. The highest BCUT2D eigenvalue weighted by atomic mass is 32.1. The van der Waals surface area contributed by atoms with Crippen molar-refractivity contribution >= 4 is 23.0 Å². The Morgan fingerprint density at radius 1 is 1.04 bits per heavy atom. The van der Waals surface area contributed by atoms with E-state index in [1.165, 1.54) is 4.88 Å². The number of hydrogen-bond acceptors (Lipinski definition) is 5. The first kappa shape index (κ1) is 17.8. The van der Waals surface area contributed by atoms with Crippen molar-refractivity contribution in [2.24, 2.45) is 0 Å². The van der Waals surface area contributed by atoms with Crippen LogP contribution in [0.2, 0.25) is 0 Å². The van der Waals surface area contributed by atoms with Gasteiger partial charge in [-0.1, -0.05) is 12.1 Å². The number of carbonyl (C=O) groups excluding carboxylic acids is 2. The topological polar surface area (TPSA) is 64.6 Å². The Labute approximate surface area is 162 Å². The third-order valence-corrected chi connectivity index (χ3v) is 6.33. The number of allylic oxidation sites excluding steroid dienone is 2. The molecule has 1 aliphatic heterocycles. The molecule has 4 rings (SSSR count). The maximum Gasteiger partial charge on any atom is 0.225 e. The molecule has 0 bridgehead atoms. The van der Waals surface area contributed by atoms with Gasteiger partial charge in [0.05, 0.1) is 14.2 Å². The number of thiophene rings is 1. The van der Waals surface area contributed by atoms with E-state index in [4.69, 9.17) is 9.47 Å². The molecule has 1 amide bonds. The van der Waals surface area contributed by atoms with Crippen LogP contribution in [-0.4, -0.2) is 25.9 Å². The SMILES string of the molecule is COc1ccc([C@H]2CC(=O)NC3=C2C(=O)C[C@@H](c2cccs2)C3)cc1OC. The molecule has 27 heavy (non-hydrogen) atoms. The van der Waals surface area contributed by atoms with Gasteiger partial charge in [0, 0.05) is 40.8 Å². The molecule has 0 radical (unpaired) electrons. The zero-order valence-electron chi connectivity index (χ0n) is 15.3. The van der Waals surface area contributed by atoms with Gasteiger partial charge in [-0.2, -0.15) is 0 Å². The molecule has 2 atom stereocenters. The van der Waals surface area contributed by atoms with Crippen LogP contribution in [0.1, 0.15) is 41.5 Å². The van der Waals surface area contributed by atoms with Gasteiger partial charge in [0.25, 0.3) is 0 Å². The largest absolute Gasteiger partial charge is 0.493 e. The number of rotatable bonds is 4. The first-order chi connectivity index (χ1) is 13.1. The minimum Gasteiger partial charge on any atom is -0.493 e. The normalized spacial score (nSPS) is 22.3. The molecule has 1 N–H and O–H groups in total. The van der Waals surface area contributed by atoms with Crippen LogP contribution in [0.25, 0.3) is 0 Å². The van der Waals surface area contributed by atoms with Gasteiger partial charge in [-0.25, -0.2) is 0 Å². The van der Waals surface area contributed by atoms with Gasteiger partial charge in [0.2, 0.25) is 5.91 Å². The average molecular weight is 383 g/mol. The van der Waals surface area contributed by atoms with Crippen LogP contribution in [0.3, 0.4) is 0 Å². The molecule has 5 nitrogen and oxygen atoms in total. The van der Waals surface area contributed by atoms with E-state index >= 15 is 0 Å². The second kappa shape index (κ2) is 7.19. The molecule has 0 fully saturated rings. The fourth-order valence-electron chi connectivity index (χ4n) is 4.04. The van der Waals surface area contributed by atoms with Crippen LogP contribution in [-0.2, 0) is 9.59 Å². The average Bonchev–Trinajstić information content (AvgIpc) is 3.21. The second-order valence-corrected chi connectivity index (χ2v) is 7.83. The molecule has 6 heteroatoms. The zero-order chi connectivity index (χ0) is 19.0. The number of amides is 1. The Bertz CT molecular complexity index is 916. The predicted octanol–water partition coefficient (Wildman–Crippen LogP) is 3.77. The maximum atomic E-state index is 13.0. The van der Waals surface area contributed by atoms with Crippen molar-refractivity contribution < 1.29 is 19.1 Å². The quantitative estimate of drug-likeness (QED) is 0.873. The molecule has 0 unspecified atom stereocenters. The summed E-state index contributed by atoms with van der Waals surface area (Å²) < 4.78 is 10.7. The van der Waals surface area contributed by atoms with E-state index in [1.54, 1.807) is 25.6 Å². The number of methoxy groups -OCH3 is 2. The molecule has 2 aliphatic rings. The van der Waals surface area contributed by atoms with Gasteiger partial charge >= 0.3 is 0 Å². The summed E-state index contributed by atoms with van der Waals surface area (Å²) in [6.45, 7) is 0. The summed E-state index contributed by atoms with van der Waals surface area (Å²) in [5.74, 6) is 1.19. The number of hydrogen-bond donors (Lipinski definition) is 1. The number of Topliss-reactive ketones (excluding diaryl/α,β-unsaturated/α-hetero) is 1. The summed E-state index contributed by atoms with van der Waals surface area (Å²) in [6, 6.07) is 9.66. The van der Waals surface area contributed by atoms with E-state index in [1.807, 2.05) is 29.6 Å². The van der Waals surface area contributed by atoms with E-state index in [0.29, 0.717) is 24.3 Å². The highest BCUT2D eigenvalue weighted by molar-refractivity contribution is 7.10. The molecular weight excluding hydrogens is 362 g/mol. The zero-order valence-corrected chi connectivity index (χ0v) is 16.1. The van der Waals surface area contributed by atoms with E-state index in [0.717, 1.165) is 16.8 Å². The Hall–Kier alpha value is -2.60.